The van der Waals surface area contributed by atoms with E-state index in [1.54, 1.807) is 13.3 Å². The molecule has 1 atom stereocenters. The molecule has 0 aliphatic carbocycles. The molecule has 0 bridgehead atoms. The number of anilines is 1. The first-order chi connectivity index (χ1) is 11.7. The molecular weight excluding hydrogens is 302 g/mol. The Morgan fingerprint density at radius 2 is 2.25 bits per heavy atom. The Balaban J connectivity index is 1.81. The van der Waals surface area contributed by atoms with Crippen LogP contribution in [0.25, 0.3) is 0 Å². The van der Waals surface area contributed by atoms with Gasteiger partial charge in [0.1, 0.15) is 11.6 Å². The third-order valence-corrected chi connectivity index (χ3v) is 4.37. The predicted octanol–water partition coefficient (Wildman–Crippen LogP) is 3.18. The summed E-state index contributed by atoms with van der Waals surface area (Å²) in [4.78, 5) is 18.7. The van der Waals surface area contributed by atoms with Gasteiger partial charge in [-0.1, -0.05) is 12.1 Å². The SMILES string of the molecule is CCNC(=O)c1ccc(N2CCCC2c2cccc(OC)c2)nc1. The van der Waals surface area contributed by atoms with Crippen LogP contribution in [0.5, 0.6) is 5.75 Å². The molecule has 1 fully saturated rings. The molecule has 1 aliphatic heterocycles. The van der Waals surface area contributed by atoms with E-state index in [4.69, 9.17) is 4.74 Å². The number of hydrogen-bond acceptors (Lipinski definition) is 4. The van der Waals surface area contributed by atoms with Crippen molar-refractivity contribution in [2.45, 2.75) is 25.8 Å². The monoisotopic (exact) mass is 325 g/mol. The van der Waals surface area contributed by atoms with Gasteiger partial charge in [-0.2, -0.15) is 0 Å². The van der Waals surface area contributed by atoms with Gasteiger partial charge in [-0.25, -0.2) is 4.98 Å². The molecule has 1 aromatic carbocycles. The minimum Gasteiger partial charge on any atom is -0.497 e. The van der Waals surface area contributed by atoms with E-state index < -0.39 is 0 Å². The number of methoxy groups -OCH3 is 1. The third kappa shape index (κ3) is 3.35. The number of rotatable bonds is 5. The minimum atomic E-state index is -0.0812. The van der Waals surface area contributed by atoms with Crippen LogP contribution in [0, 0.1) is 0 Å². The van der Waals surface area contributed by atoms with E-state index in [0.717, 1.165) is 31.0 Å². The van der Waals surface area contributed by atoms with E-state index in [-0.39, 0.29) is 5.91 Å². The molecular formula is C19H23N3O2. The van der Waals surface area contributed by atoms with E-state index in [9.17, 15) is 4.79 Å². The number of ether oxygens (including phenoxy) is 1. The van der Waals surface area contributed by atoms with Gasteiger partial charge in [0.2, 0.25) is 0 Å². The predicted molar refractivity (Wildman–Crippen MR) is 94.6 cm³/mol. The Bertz CT molecular complexity index is 700. The van der Waals surface area contributed by atoms with E-state index >= 15 is 0 Å². The van der Waals surface area contributed by atoms with Crippen molar-refractivity contribution in [3.63, 3.8) is 0 Å². The second kappa shape index (κ2) is 7.34. The molecule has 1 unspecified atom stereocenters. The minimum absolute atomic E-state index is 0.0812. The fourth-order valence-electron chi connectivity index (χ4n) is 3.19. The molecule has 0 spiro atoms. The summed E-state index contributed by atoms with van der Waals surface area (Å²) < 4.78 is 5.34. The average molecular weight is 325 g/mol. The summed E-state index contributed by atoms with van der Waals surface area (Å²) in [6, 6.07) is 12.3. The number of pyridine rings is 1. The number of carbonyl (C=O) groups is 1. The highest BCUT2D eigenvalue weighted by atomic mass is 16.5. The molecule has 2 heterocycles. The van der Waals surface area contributed by atoms with Crippen molar-refractivity contribution in [3.8, 4) is 5.75 Å². The van der Waals surface area contributed by atoms with Gasteiger partial charge >= 0.3 is 0 Å². The summed E-state index contributed by atoms with van der Waals surface area (Å²) in [6.07, 6.45) is 3.87. The lowest BCUT2D eigenvalue weighted by atomic mass is 10.0. The lowest BCUT2D eigenvalue weighted by Gasteiger charge is -2.26. The van der Waals surface area contributed by atoms with Crippen LogP contribution < -0.4 is 15.0 Å². The number of benzene rings is 1. The van der Waals surface area contributed by atoms with E-state index in [1.807, 2.05) is 31.2 Å². The molecule has 5 nitrogen and oxygen atoms in total. The normalized spacial score (nSPS) is 16.9. The Labute approximate surface area is 142 Å². The highest BCUT2D eigenvalue weighted by Gasteiger charge is 2.27. The molecule has 24 heavy (non-hydrogen) atoms. The number of amides is 1. The van der Waals surface area contributed by atoms with Crippen LogP contribution in [0.2, 0.25) is 0 Å². The molecule has 1 aromatic heterocycles. The maximum atomic E-state index is 11.9. The standard InChI is InChI=1S/C19H23N3O2/c1-3-20-19(23)15-9-10-18(21-13-15)22-11-5-8-17(22)14-6-4-7-16(12-14)24-2/h4,6-7,9-10,12-13,17H,3,5,8,11H2,1-2H3,(H,20,23). The van der Waals surface area contributed by atoms with Crippen molar-refractivity contribution in [1.82, 2.24) is 10.3 Å². The number of nitrogens with zero attached hydrogens (tertiary/aromatic N) is 2. The lowest BCUT2D eigenvalue weighted by Crippen LogP contribution is -2.25. The summed E-state index contributed by atoms with van der Waals surface area (Å²) in [5, 5.41) is 2.79. The average Bonchev–Trinajstić information content (AvgIpc) is 3.12. The second-order valence-corrected chi connectivity index (χ2v) is 5.89. The molecule has 3 rings (SSSR count). The molecule has 0 saturated carbocycles. The summed E-state index contributed by atoms with van der Waals surface area (Å²) in [5.41, 5.74) is 1.83. The maximum absolute atomic E-state index is 11.9. The Morgan fingerprint density at radius 1 is 1.38 bits per heavy atom. The number of carbonyl (C=O) groups excluding carboxylic acids is 1. The van der Waals surface area contributed by atoms with E-state index in [1.165, 1.54) is 5.56 Å². The zero-order chi connectivity index (χ0) is 16.9. The van der Waals surface area contributed by atoms with E-state index in [2.05, 4.69) is 27.3 Å². The van der Waals surface area contributed by atoms with Crippen LogP contribution in [0.3, 0.4) is 0 Å². The first-order valence-corrected chi connectivity index (χ1v) is 8.37. The number of aromatic nitrogens is 1. The maximum Gasteiger partial charge on any atom is 0.252 e. The fourth-order valence-corrected chi connectivity index (χ4v) is 3.19. The smallest absolute Gasteiger partial charge is 0.252 e. The summed E-state index contributed by atoms with van der Waals surface area (Å²) in [5.74, 6) is 1.70. The Kier molecular flexibility index (Phi) is 4.99. The van der Waals surface area contributed by atoms with E-state index in [0.29, 0.717) is 18.2 Å². The van der Waals surface area contributed by atoms with Gasteiger partial charge in [0.05, 0.1) is 18.7 Å². The lowest BCUT2D eigenvalue weighted by molar-refractivity contribution is 0.0955. The summed E-state index contributed by atoms with van der Waals surface area (Å²) >= 11 is 0. The summed E-state index contributed by atoms with van der Waals surface area (Å²) in [7, 11) is 1.69. The zero-order valence-corrected chi connectivity index (χ0v) is 14.2. The molecule has 1 aliphatic rings. The Morgan fingerprint density at radius 3 is 2.96 bits per heavy atom. The zero-order valence-electron chi connectivity index (χ0n) is 14.2. The molecule has 2 aromatic rings. The highest BCUT2D eigenvalue weighted by Crippen LogP contribution is 2.36. The summed E-state index contributed by atoms with van der Waals surface area (Å²) in [6.45, 7) is 3.49. The highest BCUT2D eigenvalue weighted by molar-refractivity contribution is 5.94. The van der Waals surface area contributed by atoms with Crippen molar-refractivity contribution in [2.75, 3.05) is 25.1 Å². The number of hydrogen-bond donors (Lipinski definition) is 1. The van der Waals surface area contributed by atoms with Crippen LogP contribution >= 0.6 is 0 Å². The van der Waals surface area contributed by atoms with Gasteiger partial charge in [-0.3, -0.25) is 4.79 Å². The van der Waals surface area contributed by atoms with Crippen LogP contribution in [0.15, 0.2) is 42.6 Å². The molecule has 1 saturated heterocycles. The van der Waals surface area contributed by atoms with Gasteiger partial charge < -0.3 is 15.0 Å². The molecule has 1 N–H and O–H groups in total. The van der Waals surface area contributed by atoms with Crippen molar-refractivity contribution >= 4 is 11.7 Å². The van der Waals surface area contributed by atoms with Gasteiger partial charge in [-0.05, 0) is 49.6 Å². The third-order valence-electron chi connectivity index (χ3n) is 4.37. The van der Waals surface area contributed by atoms with Gasteiger partial charge in [0.25, 0.3) is 5.91 Å². The van der Waals surface area contributed by atoms with Crippen LogP contribution in [0.1, 0.15) is 41.7 Å². The van der Waals surface area contributed by atoms with Crippen LogP contribution in [-0.4, -0.2) is 31.1 Å². The van der Waals surface area contributed by atoms with Crippen molar-refractivity contribution in [1.29, 1.82) is 0 Å². The Hall–Kier alpha value is -2.56. The molecule has 126 valence electrons. The molecule has 1 amide bonds. The first-order valence-electron chi connectivity index (χ1n) is 8.37. The number of nitrogens with one attached hydrogen (secondary N) is 1. The first kappa shape index (κ1) is 16.3. The largest absolute Gasteiger partial charge is 0.497 e. The molecule has 5 heteroatoms. The van der Waals surface area contributed by atoms with Crippen molar-refractivity contribution < 1.29 is 9.53 Å². The van der Waals surface area contributed by atoms with Gasteiger partial charge in [0.15, 0.2) is 0 Å². The fraction of sp³-hybridized carbons (Fsp3) is 0.368. The van der Waals surface area contributed by atoms with Crippen molar-refractivity contribution in [3.05, 3.63) is 53.7 Å². The molecule has 0 radical (unpaired) electrons. The van der Waals surface area contributed by atoms with Gasteiger partial charge in [0, 0.05) is 19.3 Å². The van der Waals surface area contributed by atoms with Crippen LogP contribution in [0.4, 0.5) is 5.82 Å². The van der Waals surface area contributed by atoms with Crippen LogP contribution in [-0.2, 0) is 0 Å². The van der Waals surface area contributed by atoms with Crippen molar-refractivity contribution in [2.24, 2.45) is 0 Å². The van der Waals surface area contributed by atoms with Gasteiger partial charge in [-0.15, -0.1) is 0 Å². The second-order valence-electron chi connectivity index (χ2n) is 5.89. The quantitative estimate of drug-likeness (QED) is 0.917. The topological polar surface area (TPSA) is 54.5 Å².